The highest BCUT2D eigenvalue weighted by Gasteiger charge is 2.30. The van der Waals surface area contributed by atoms with E-state index in [0.717, 1.165) is 32.7 Å². The Hall–Kier alpha value is -1.14. The number of likely N-dealkylation sites (N-methyl/N-ethyl adjacent to an activating group) is 1. The third-order valence-electron chi connectivity index (χ3n) is 3.28. The summed E-state index contributed by atoms with van der Waals surface area (Å²) in [6, 6.07) is -0.496. The molecule has 0 aromatic carbocycles. The van der Waals surface area contributed by atoms with Crippen molar-refractivity contribution >= 4 is 11.8 Å². The monoisotopic (exact) mass is 241 g/mol. The summed E-state index contributed by atoms with van der Waals surface area (Å²) in [6.45, 7) is 6.77. The summed E-state index contributed by atoms with van der Waals surface area (Å²) in [5.74, 6) is -0.226. The van der Waals surface area contributed by atoms with E-state index < -0.39 is 6.04 Å². The minimum absolute atomic E-state index is 0.0196. The Labute approximate surface area is 101 Å². The fraction of sp³-hybridized carbons (Fsp3) is 0.818. The second-order valence-corrected chi connectivity index (χ2v) is 4.39. The largest absolute Gasteiger partial charge is 0.369 e. The van der Waals surface area contributed by atoms with E-state index in [4.69, 9.17) is 4.74 Å². The predicted octanol–water partition coefficient (Wildman–Crippen LogP) is -1.33. The lowest BCUT2D eigenvalue weighted by Gasteiger charge is -2.36. The second-order valence-electron chi connectivity index (χ2n) is 4.39. The number of carbonyl (C=O) groups is 2. The number of rotatable bonds is 2. The molecule has 0 aromatic heterocycles. The van der Waals surface area contributed by atoms with Crippen LogP contribution in [-0.2, 0) is 14.3 Å². The van der Waals surface area contributed by atoms with E-state index in [1.54, 1.807) is 0 Å². The minimum atomic E-state index is -0.496. The highest BCUT2D eigenvalue weighted by atomic mass is 16.5. The van der Waals surface area contributed by atoms with Gasteiger partial charge in [0.05, 0.1) is 6.61 Å². The summed E-state index contributed by atoms with van der Waals surface area (Å²) in [5.41, 5.74) is 0. The van der Waals surface area contributed by atoms with E-state index in [0.29, 0.717) is 6.61 Å². The summed E-state index contributed by atoms with van der Waals surface area (Å²) >= 11 is 0. The number of hydrogen-bond donors (Lipinski definition) is 1. The third-order valence-corrected chi connectivity index (χ3v) is 3.28. The number of morpholine rings is 1. The molecule has 96 valence electrons. The topological polar surface area (TPSA) is 61.9 Å². The van der Waals surface area contributed by atoms with Crippen LogP contribution >= 0.6 is 0 Å². The van der Waals surface area contributed by atoms with Crippen LogP contribution in [0.3, 0.4) is 0 Å². The predicted molar refractivity (Wildman–Crippen MR) is 61.4 cm³/mol. The molecule has 1 N–H and O–H groups in total. The fourth-order valence-electron chi connectivity index (χ4n) is 2.19. The average molecular weight is 241 g/mol. The van der Waals surface area contributed by atoms with Crippen LogP contribution < -0.4 is 5.32 Å². The van der Waals surface area contributed by atoms with E-state index in [1.165, 1.54) is 0 Å². The van der Waals surface area contributed by atoms with E-state index >= 15 is 0 Å². The zero-order valence-electron chi connectivity index (χ0n) is 10.1. The van der Waals surface area contributed by atoms with Gasteiger partial charge in [0.1, 0.15) is 12.6 Å². The quantitative estimate of drug-likeness (QED) is 0.650. The maximum atomic E-state index is 12.1. The summed E-state index contributed by atoms with van der Waals surface area (Å²) < 4.78 is 5.08. The lowest BCUT2D eigenvalue weighted by Crippen LogP contribution is -2.58. The third kappa shape index (κ3) is 2.95. The number of ether oxygens (including phenoxy) is 1. The molecule has 2 aliphatic rings. The van der Waals surface area contributed by atoms with Gasteiger partial charge < -0.3 is 19.9 Å². The van der Waals surface area contributed by atoms with Crippen LogP contribution in [0.15, 0.2) is 0 Å². The van der Waals surface area contributed by atoms with E-state index in [2.05, 4.69) is 17.1 Å². The van der Waals surface area contributed by atoms with Gasteiger partial charge in [-0.3, -0.25) is 9.59 Å². The van der Waals surface area contributed by atoms with Crippen LogP contribution in [0.25, 0.3) is 0 Å². The van der Waals surface area contributed by atoms with Crippen molar-refractivity contribution in [2.75, 3.05) is 45.9 Å². The van der Waals surface area contributed by atoms with Crippen molar-refractivity contribution in [3.8, 4) is 0 Å². The van der Waals surface area contributed by atoms with Crippen LogP contribution in [0.2, 0.25) is 0 Å². The van der Waals surface area contributed by atoms with Crippen molar-refractivity contribution in [2.45, 2.75) is 13.0 Å². The zero-order chi connectivity index (χ0) is 12.3. The maximum Gasteiger partial charge on any atom is 0.247 e. The first-order chi connectivity index (χ1) is 8.20. The molecule has 2 rings (SSSR count). The lowest BCUT2D eigenvalue weighted by molar-refractivity contribution is -0.145. The van der Waals surface area contributed by atoms with Crippen molar-refractivity contribution in [3.63, 3.8) is 0 Å². The van der Waals surface area contributed by atoms with Crippen LogP contribution in [-0.4, -0.2) is 73.6 Å². The SMILES string of the molecule is CCN1CCN(C(=O)C2COCC(=O)N2)CC1. The van der Waals surface area contributed by atoms with Gasteiger partial charge in [-0.05, 0) is 6.54 Å². The first kappa shape index (κ1) is 12.3. The Morgan fingerprint density at radius 2 is 2.12 bits per heavy atom. The Morgan fingerprint density at radius 1 is 1.41 bits per heavy atom. The molecular formula is C11H19N3O3. The molecule has 0 radical (unpaired) electrons. The smallest absolute Gasteiger partial charge is 0.247 e. The van der Waals surface area contributed by atoms with Crippen LogP contribution in [0, 0.1) is 0 Å². The van der Waals surface area contributed by atoms with Crippen molar-refractivity contribution < 1.29 is 14.3 Å². The Bertz CT molecular complexity index is 300. The molecule has 2 fully saturated rings. The minimum Gasteiger partial charge on any atom is -0.369 e. The first-order valence-electron chi connectivity index (χ1n) is 6.09. The van der Waals surface area contributed by atoms with Crippen LogP contribution in [0.1, 0.15) is 6.92 Å². The van der Waals surface area contributed by atoms with Crippen LogP contribution in [0.5, 0.6) is 0 Å². The van der Waals surface area contributed by atoms with Gasteiger partial charge in [-0.2, -0.15) is 0 Å². The second kappa shape index (κ2) is 5.46. The molecule has 0 bridgehead atoms. The number of nitrogens with one attached hydrogen (secondary N) is 1. The number of nitrogens with zero attached hydrogens (tertiary/aromatic N) is 2. The van der Waals surface area contributed by atoms with Gasteiger partial charge in [0.15, 0.2) is 0 Å². The van der Waals surface area contributed by atoms with E-state index in [9.17, 15) is 9.59 Å². The average Bonchev–Trinajstić information content (AvgIpc) is 2.38. The molecule has 6 heteroatoms. The molecule has 6 nitrogen and oxygen atoms in total. The Balaban J connectivity index is 1.85. The molecule has 2 amide bonds. The van der Waals surface area contributed by atoms with Crippen molar-refractivity contribution in [1.82, 2.24) is 15.1 Å². The molecule has 0 spiro atoms. The van der Waals surface area contributed by atoms with Gasteiger partial charge in [0.2, 0.25) is 11.8 Å². The lowest BCUT2D eigenvalue weighted by atomic mass is 10.2. The number of amides is 2. The molecule has 1 atom stereocenters. The fourth-order valence-corrected chi connectivity index (χ4v) is 2.19. The molecule has 0 aromatic rings. The molecular weight excluding hydrogens is 222 g/mol. The maximum absolute atomic E-state index is 12.1. The van der Waals surface area contributed by atoms with Crippen molar-refractivity contribution in [2.24, 2.45) is 0 Å². The molecule has 1 unspecified atom stereocenters. The normalized spacial score (nSPS) is 26.8. The highest BCUT2D eigenvalue weighted by Crippen LogP contribution is 2.05. The summed E-state index contributed by atoms with van der Waals surface area (Å²) in [7, 11) is 0. The number of piperazine rings is 1. The van der Waals surface area contributed by atoms with Gasteiger partial charge in [0.25, 0.3) is 0 Å². The van der Waals surface area contributed by atoms with E-state index in [1.807, 2.05) is 4.90 Å². The van der Waals surface area contributed by atoms with Gasteiger partial charge in [-0.25, -0.2) is 0 Å². The van der Waals surface area contributed by atoms with Crippen LogP contribution in [0.4, 0.5) is 0 Å². The standard InChI is InChI=1S/C11H19N3O3/c1-2-13-3-5-14(6-4-13)11(16)9-7-17-8-10(15)12-9/h9H,2-8H2,1H3,(H,12,15). The molecule has 2 aliphatic heterocycles. The number of carbonyl (C=O) groups excluding carboxylic acids is 2. The number of hydrogen-bond acceptors (Lipinski definition) is 4. The van der Waals surface area contributed by atoms with Gasteiger partial charge in [0, 0.05) is 26.2 Å². The molecule has 2 heterocycles. The van der Waals surface area contributed by atoms with Gasteiger partial charge in [-0.1, -0.05) is 6.92 Å². The summed E-state index contributed by atoms with van der Waals surface area (Å²) in [4.78, 5) is 27.4. The Kier molecular flexibility index (Phi) is 3.96. The molecule has 0 aliphatic carbocycles. The van der Waals surface area contributed by atoms with Gasteiger partial charge >= 0.3 is 0 Å². The first-order valence-corrected chi connectivity index (χ1v) is 6.09. The molecule has 2 saturated heterocycles. The molecule has 17 heavy (non-hydrogen) atoms. The summed E-state index contributed by atoms with van der Waals surface area (Å²) in [5, 5.41) is 2.67. The van der Waals surface area contributed by atoms with Crippen molar-refractivity contribution in [3.05, 3.63) is 0 Å². The molecule has 0 saturated carbocycles. The highest BCUT2D eigenvalue weighted by molar-refractivity contribution is 5.89. The summed E-state index contributed by atoms with van der Waals surface area (Å²) in [6.07, 6.45) is 0. The van der Waals surface area contributed by atoms with E-state index in [-0.39, 0.29) is 18.4 Å². The van der Waals surface area contributed by atoms with Gasteiger partial charge in [-0.15, -0.1) is 0 Å². The Morgan fingerprint density at radius 3 is 2.71 bits per heavy atom. The van der Waals surface area contributed by atoms with Crippen molar-refractivity contribution in [1.29, 1.82) is 0 Å². The zero-order valence-corrected chi connectivity index (χ0v) is 10.1.